The van der Waals surface area contributed by atoms with Gasteiger partial charge in [0.1, 0.15) is 47.0 Å². The molecule has 3 aromatic heterocycles. The van der Waals surface area contributed by atoms with Crippen LogP contribution in [0, 0.1) is 11.6 Å². The van der Waals surface area contributed by atoms with E-state index in [1.54, 1.807) is 0 Å². The van der Waals surface area contributed by atoms with Crippen LogP contribution in [0.2, 0.25) is 0 Å². The summed E-state index contributed by atoms with van der Waals surface area (Å²) in [5.74, 6) is -3.40. The summed E-state index contributed by atoms with van der Waals surface area (Å²) in [5.41, 5.74) is 1.20. The van der Waals surface area contributed by atoms with Crippen LogP contribution in [-0.4, -0.2) is 87.0 Å². The van der Waals surface area contributed by atoms with Crippen molar-refractivity contribution in [3.63, 3.8) is 0 Å². The predicted octanol–water partition coefficient (Wildman–Crippen LogP) is 4.01. The Balaban J connectivity index is 1.32. The normalized spacial score (nSPS) is 30.7. The van der Waals surface area contributed by atoms with Crippen molar-refractivity contribution in [2.75, 3.05) is 36.9 Å². The zero-order valence-electron chi connectivity index (χ0n) is 24.2. The number of nitrogens with one attached hydrogen (secondary N) is 1. The number of halogens is 6. The highest BCUT2D eigenvalue weighted by Gasteiger charge is 2.50. The molecule has 5 aliphatic rings. The first-order valence-electron chi connectivity index (χ1n) is 15.1. The van der Waals surface area contributed by atoms with Crippen molar-refractivity contribution < 1.29 is 35.8 Å². The van der Waals surface area contributed by atoms with Crippen LogP contribution in [-0.2, 0) is 6.18 Å². The fraction of sp³-hybridized carbons (Fsp3) is 0.586. The highest BCUT2D eigenvalue weighted by molar-refractivity contribution is 5.97. The third-order valence-corrected chi connectivity index (χ3v) is 9.99. The van der Waals surface area contributed by atoms with Gasteiger partial charge in [0.2, 0.25) is 5.88 Å². The molecule has 3 aromatic rings. The van der Waals surface area contributed by atoms with Crippen molar-refractivity contribution in [1.82, 2.24) is 30.2 Å². The van der Waals surface area contributed by atoms with E-state index in [-0.39, 0.29) is 65.8 Å². The lowest BCUT2D eigenvalue weighted by molar-refractivity contribution is -0.137. The summed E-state index contributed by atoms with van der Waals surface area (Å²) in [6.07, 6.45) is -3.01. The van der Waals surface area contributed by atoms with Gasteiger partial charge in [-0.1, -0.05) is 0 Å². The van der Waals surface area contributed by atoms with Gasteiger partial charge in [-0.15, -0.1) is 0 Å². The lowest BCUT2D eigenvalue weighted by atomic mass is 9.95. The summed E-state index contributed by atoms with van der Waals surface area (Å²) in [4.78, 5) is 20.9. The number of alkyl halides is 4. The molecular formula is C29H30F6N8O2. The number of hydrogen-bond donors (Lipinski definition) is 2. The molecule has 3 N–H and O–H groups in total. The molecule has 0 aliphatic carbocycles. The van der Waals surface area contributed by atoms with E-state index in [9.17, 15) is 22.0 Å². The number of anilines is 2. The standard InChI is InChI=1S/C29H30F6N8O2/c1-12-23-17-4-3-14(37-17)10-43(23)25-18-21(40-27(41-25)44-11-28-5-2-6-42(28)9-13(30)8-28)19(32)22(39-26(18)45-12)20-15(29(33,34)35)7-16(31)24(36)38-20/h7,12-14,17,23,37H,2-6,8-11H2,1H3,(H2,36,38)/t12-,13+,14+,17-,23+,28-/m0/s1. The monoisotopic (exact) mass is 636 g/mol. The molecule has 0 amide bonds. The topological polar surface area (TPSA) is 115 Å². The zero-order chi connectivity index (χ0) is 31.4. The number of nitrogens with zero attached hydrogens (tertiary/aromatic N) is 6. The Morgan fingerprint density at radius 2 is 1.96 bits per heavy atom. The SMILES string of the molecule is C[C@@H]1Oc2nc(-c3nc(N)c(F)cc3C(F)(F)F)c(F)c3nc(OC[C@@]45CCCN4C[C@H](F)C5)nc(c23)N2C[C@H]3CC[C@H](N3)[C@@H]12. The molecule has 16 heteroatoms. The number of hydrogen-bond acceptors (Lipinski definition) is 10. The van der Waals surface area contributed by atoms with E-state index in [0.717, 1.165) is 25.8 Å². The Labute approximate surface area is 253 Å². The van der Waals surface area contributed by atoms with Crippen LogP contribution >= 0.6 is 0 Å². The molecule has 4 saturated heterocycles. The Morgan fingerprint density at radius 3 is 2.76 bits per heavy atom. The number of piperazine rings is 1. The average molecular weight is 637 g/mol. The van der Waals surface area contributed by atoms with E-state index < -0.39 is 58.4 Å². The molecule has 6 atom stereocenters. The summed E-state index contributed by atoms with van der Waals surface area (Å²) in [7, 11) is 0. The first kappa shape index (κ1) is 28.8. The van der Waals surface area contributed by atoms with Crippen molar-refractivity contribution >= 4 is 22.5 Å². The molecule has 8 rings (SSSR count). The molecule has 0 unspecified atom stereocenters. The molecule has 0 saturated carbocycles. The first-order chi connectivity index (χ1) is 21.4. The van der Waals surface area contributed by atoms with E-state index in [2.05, 4.69) is 25.2 Å². The number of ether oxygens (including phenoxy) is 2. The predicted molar refractivity (Wildman–Crippen MR) is 150 cm³/mol. The maximum Gasteiger partial charge on any atom is 0.418 e. The number of pyridine rings is 2. The van der Waals surface area contributed by atoms with Crippen LogP contribution in [0.25, 0.3) is 22.3 Å². The second kappa shape index (κ2) is 9.92. The number of nitrogens with two attached hydrogens (primary N) is 1. The molecule has 5 aliphatic heterocycles. The number of nitrogen functional groups attached to an aromatic ring is 1. The second-order valence-corrected chi connectivity index (χ2v) is 12.8. The fourth-order valence-corrected chi connectivity index (χ4v) is 8.06. The average Bonchev–Trinajstić information content (AvgIpc) is 3.62. The molecule has 2 bridgehead atoms. The minimum absolute atomic E-state index is 0.00747. The van der Waals surface area contributed by atoms with Crippen molar-refractivity contribution in [2.24, 2.45) is 0 Å². The Kier molecular flexibility index (Phi) is 6.35. The first-order valence-corrected chi connectivity index (χ1v) is 15.1. The van der Waals surface area contributed by atoms with Gasteiger partial charge in [0.25, 0.3) is 0 Å². The van der Waals surface area contributed by atoms with E-state index in [4.69, 9.17) is 20.2 Å². The summed E-state index contributed by atoms with van der Waals surface area (Å²) in [6.45, 7) is 3.41. The van der Waals surface area contributed by atoms with Crippen molar-refractivity contribution in [3.05, 3.63) is 23.3 Å². The van der Waals surface area contributed by atoms with Gasteiger partial charge >= 0.3 is 12.2 Å². The van der Waals surface area contributed by atoms with E-state index in [1.807, 2.05) is 11.8 Å². The molecule has 0 aromatic carbocycles. The fourth-order valence-electron chi connectivity index (χ4n) is 8.06. The smallest absolute Gasteiger partial charge is 0.418 e. The van der Waals surface area contributed by atoms with Crippen LogP contribution in [0.3, 0.4) is 0 Å². The van der Waals surface area contributed by atoms with Crippen molar-refractivity contribution in [2.45, 2.75) is 81.1 Å². The van der Waals surface area contributed by atoms with Gasteiger partial charge in [0, 0.05) is 31.6 Å². The maximum absolute atomic E-state index is 16.6. The molecule has 0 spiro atoms. The molecule has 10 nitrogen and oxygen atoms in total. The lowest BCUT2D eigenvalue weighted by Crippen LogP contribution is -2.62. The van der Waals surface area contributed by atoms with Crippen molar-refractivity contribution in [1.29, 1.82) is 0 Å². The third-order valence-electron chi connectivity index (χ3n) is 9.99. The molecule has 0 radical (unpaired) electrons. The Hall–Kier alpha value is -3.66. The Morgan fingerprint density at radius 1 is 1.13 bits per heavy atom. The van der Waals surface area contributed by atoms with Crippen LogP contribution in [0.15, 0.2) is 6.07 Å². The maximum atomic E-state index is 16.6. The number of fused-ring (bicyclic) bond motifs is 6. The van der Waals surface area contributed by atoms with Crippen LogP contribution in [0.5, 0.6) is 11.9 Å². The van der Waals surface area contributed by atoms with Gasteiger partial charge in [-0.2, -0.15) is 23.1 Å². The lowest BCUT2D eigenvalue weighted by Gasteiger charge is -2.42. The van der Waals surface area contributed by atoms with E-state index in [1.165, 1.54) is 0 Å². The zero-order valence-corrected chi connectivity index (χ0v) is 24.2. The minimum Gasteiger partial charge on any atom is -0.472 e. The second-order valence-electron chi connectivity index (χ2n) is 12.8. The van der Waals surface area contributed by atoms with Gasteiger partial charge in [-0.3, -0.25) is 4.90 Å². The van der Waals surface area contributed by atoms with E-state index >= 15 is 4.39 Å². The largest absolute Gasteiger partial charge is 0.472 e. The third kappa shape index (κ3) is 4.46. The summed E-state index contributed by atoms with van der Waals surface area (Å²) in [6, 6.07) is -0.165. The van der Waals surface area contributed by atoms with Gasteiger partial charge < -0.3 is 25.4 Å². The van der Waals surface area contributed by atoms with Crippen LogP contribution in [0.4, 0.5) is 38.0 Å². The quantitative estimate of drug-likeness (QED) is 0.408. The summed E-state index contributed by atoms with van der Waals surface area (Å²) >= 11 is 0. The van der Waals surface area contributed by atoms with Gasteiger partial charge in [-0.05, 0) is 45.2 Å². The summed E-state index contributed by atoms with van der Waals surface area (Å²) in [5, 5.41) is 3.66. The van der Waals surface area contributed by atoms with Crippen LogP contribution in [0.1, 0.15) is 44.6 Å². The number of aromatic nitrogens is 4. The highest BCUT2D eigenvalue weighted by atomic mass is 19.4. The van der Waals surface area contributed by atoms with Crippen molar-refractivity contribution in [3.8, 4) is 23.3 Å². The molecular weight excluding hydrogens is 606 g/mol. The highest BCUT2D eigenvalue weighted by Crippen LogP contribution is 2.46. The minimum atomic E-state index is -5.11. The summed E-state index contributed by atoms with van der Waals surface area (Å²) < 4.78 is 99.9. The molecule has 4 fully saturated rings. The van der Waals surface area contributed by atoms with Gasteiger partial charge in [0.05, 0.1) is 17.1 Å². The molecule has 240 valence electrons. The Bertz CT molecular complexity index is 1710. The van der Waals surface area contributed by atoms with Crippen LogP contribution < -0.4 is 25.4 Å². The van der Waals surface area contributed by atoms with Gasteiger partial charge in [0.15, 0.2) is 17.5 Å². The molecule has 45 heavy (non-hydrogen) atoms. The number of rotatable bonds is 4. The van der Waals surface area contributed by atoms with Gasteiger partial charge in [-0.25, -0.2) is 23.1 Å². The van der Waals surface area contributed by atoms with E-state index in [0.29, 0.717) is 19.5 Å². The molecule has 8 heterocycles.